The maximum absolute atomic E-state index is 13.0. The van der Waals surface area contributed by atoms with E-state index < -0.39 is 23.4 Å². The van der Waals surface area contributed by atoms with Crippen LogP contribution in [-0.2, 0) is 14.4 Å². The van der Waals surface area contributed by atoms with E-state index in [9.17, 15) is 19.2 Å². The Morgan fingerprint density at radius 3 is 2.31 bits per heavy atom. The van der Waals surface area contributed by atoms with E-state index in [-0.39, 0.29) is 12.3 Å². The highest BCUT2D eigenvalue weighted by molar-refractivity contribution is 6.31. The molecule has 1 aromatic rings. The van der Waals surface area contributed by atoms with Crippen molar-refractivity contribution in [2.75, 3.05) is 43.0 Å². The van der Waals surface area contributed by atoms with Crippen LogP contribution in [0.25, 0.3) is 0 Å². The maximum atomic E-state index is 13.0. The van der Waals surface area contributed by atoms with Gasteiger partial charge in [-0.15, -0.1) is 0 Å². The molecule has 5 amide bonds. The van der Waals surface area contributed by atoms with Gasteiger partial charge in [-0.05, 0) is 63.0 Å². The average molecular weight is 399 g/mol. The minimum Gasteiger partial charge on any atom is -0.367 e. The Morgan fingerprint density at radius 1 is 1.07 bits per heavy atom. The van der Waals surface area contributed by atoms with Crippen molar-refractivity contribution in [3.63, 3.8) is 0 Å². The first kappa shape index (κ1) is 19.4. The van der Waals surface area contributed by atoms with Crippen LogP contribution in [0.5, 0.6) is 0 Å². The molecule has 0 aromatic heterocycles. The van der Waals surface area contributed by atoms with E-state index in [1.165, 1.54) is 4.90 Å². The third-order valence-electron chi connectivity index (χ3n) is 6.19. The van der Waals surface area contributed by atoms with Gasteiger partial charge in [-0.2, -0.15) is 0 Å². The number of nitrogens with two attached hydrogens (primary N) is 1. The number of hydrogen-bond donors (Lipinski definition) is 1. The average Bonchev–Trinajstić information content (AvgIpc) is 3.41. The quantitative estimate of drug-likeness (QED) is 0.574. The highest BCUT2D eigenvalue weighted by atomic mass is 16.2. The number of likely N-dealkylation sites (N-methyl/N-ethyl adjacent to an activating group) is 1. The topological polar surface area (TPSA) is 107 Å². The molecule has 0 bridgehead atoms. The molecule has 2 N–H and O–H groups in total. The lowest BCUT2D eigenvalue weighted by molar-refractivity contribution is -0.136. The number of likely N-dealkylation sites (tertiary alicyclic amines) is 1. The van der Waals surface area contributed by atoms with Crippen LogP contribution in [0.4, 0.5) is 16.2 Å². The van der Waals surface area contributed by atoms with Gasteiger partial charge in [0.25, 0.3) is 11.8 Å². The van der Waals surface area contributed by atoms with Gasteiger partial charge in [-0.25, -0.2) is 9.69 Å². The summed E-state index contributed by atoms with van der Waals surface area (Å²) in [6.45, 7) is 2.58. The normalized spacial score (nSPS) is 24.3. The second-order valence-corrected chi connectivity index (χ2v) is 7.86. The Morgan fingerprint density at radius 2 is 1.72 bits per heavy atom. The van der Waals surface area contributed by atoms with Crippen molar-refractivity contribution >= 4 is 35.1 Å². The zero-order valence-corrected chi connectivity index (χ0v) is 16.5. The fourth-order valence-electron chi connectivity index (χ4n) is 4.49. The molecule has 0 aliphatic carbocycles. The predicted octanol–water partition coefficient (Wildman–Crippen LogP) is 0.532. The lowest BCUT2D eigenvalue weighted by atomic mass is 9.95. The summed E-state index contributed by atoms with van der Waals surface area (Å²) >= 11 is 0. The number of primary amides is 1. The minimum absolute atomic E-state index is 0.0127. The van der Waals surface area contributed by atoms with E-state index in [0.29, 0.717) is 30.9 Å². The summed E-state index contributed by atoms with van der Waals surface area (Å²) in [5.74, 6) is -1.40. The van der Waals surface area contributed by atoms with E-state index in [1.807, 2.05) is 0 Å². The molecule has 0 radical (unpaired) electrons. The molecule has 9 heteroatoms. The lowest BCUT2D eigenvalue weighted by Crippen LogP contribution is -2.55. The number of amides is 5. The summed E-state index contributed by atoms with van der Waals surface area (Å²) in [6.07, 6.45) is 3.05. The first-order valence-corrected chi connectivity index (χ1v) is 9.91. The molecule has 0 saturated carbocycles. The van der Waals surface area contributed by atoms with Crippen LogP contribution < -0.4 is 15.5 Å². The van der Waals surface area contributed by atoms with Crippen molar-refractivity contribution < 1.29 is 19.2 Å². The van der Waals surface area contributed by atoms with Crippen LogP contribution >= 0.6 is 0 Å². The van der Waals surface area contributed by atoms with E-state index in [2.05, 4.69) is 4.90 Å². The molecule has 3 fully saturated rings. The standard InChI is InChI=1S/C20H25N5O4/c1-22(16(26)13-23-10-2-3-11-23)14-5-7-15(8-6-14)25-18(28)20(17(21)27)9-4-12-24(20)19(25)29/h5-8H,2-4,9-13H2,1H3,(H2,21,27)/t20-/m0/s1. The Kier molecular flexibility index (Phi) is 4.77. The molecule has 4 rings (SSSR count). The van der Waals surface area contributed by atoms with Crippen molar-refractivity contribution in [3.05, 3.63) is 24.3 Å². The number of nitrogens with zero attached hydrogens (tertiary/aromatic N) is 4. The lowest BCUT2D eigenvalue weighted by Gasteiger charge is -2.23. The fourth-order valence-corrected chi connectivity index (χ4v) is 4.49. The Hall–Kier alpha value is -2.94. The summed E-state index contributed by atoms with van der Waals surface area (Å²) in [5.41, 5.74) is 4.96. The summed E-state index contributed by atoms with van der Waals surface area (Å²) in [5, 5.41) is 0. The van der Waals surface area contributed by atoms with Gasteiger partial charge in [-0.1, -0.05) is 0 Å². The molecule has 9 nitrogen and oxygen atoms in total. The van der Waals surface area contributed by atoms with Gasteiger partial charge in [0.2, 0.25) is 11.4 Å². The number of hydrogen-bond acceptors (Lipinski definition) is 5. The largest absolute Gasteiger partial charge is 0.367 e. The molecular weight excluding hydrogens is 374 g/mol. The maximum Gasteiger partial charge on any atom is 0.332 e. The molecule has 3 heterocycles. The van der Waals surface area contributed by atoms with E-state index >= 15 is 0 Å². The number of carbonyl (C=O) groups is 4. The SMILES string of the molecule is CN(C(=O)CN1CCCC1)c1ccc(N2C(=O)N3CCC[C@]3(C(N)=O)C2=O)cc1. The van der Waals surface area contributed by atoms with Gasteiger partial charge in [-0.3, -0.25) is 19.3 Å². The number of rotatable bonds is 5. The Bertz CT molecular complexity index is 864. The Labute approximate surface area is 169 Å². The van der Waals surface area contributed by atoms with Gasteiger partial charge < -0.3 is 15.5 Å². The molecule has 0 unspecified atom stereocenters. The van der Waals surface area contributed by atoms with E-state index in [1.54, 1.807) is 36.2 Å². The highest BCUT2D eigenvalue weighted by Crippen LogP contribution is 2.40. The molecule has 3 saturated heterocycles. The van der Waals surface area contributed by atoms with Crippen molar-refractivity contribution in [3.8, 4) is 0 Å². The van der Waals surface area contributed by atoms with Gasteiger partial charge in [0.15, 0.2) is 0 Å². The summed E-state index contributed by atoms with van der Waals surface area (Å²) in [4.78, 5) is 56.3. The van der Waals surface area contributed by atoms with Crippen molar-refractivity contribution in [1.82, 2.24) is 9.80 Å². The predicted molar refractivity (Wildman–Crippen MR) is 106 cm³/mol. The third kappa shape index (κ3) is 2.96. The zero-order valence-electron chi connectivity index (χ0n) is 16.5. The van der Waals surface area contributed by atoms with Crippen molar-refractivity contribution in [2.45, 2.75) is 31.2 Å². The van der Waals surface area contributed by atoms with Crippen LogP contribution in [0, 0.1) is 0 Å². The summed E-state index contributed by atoms with van der Waals surface area (Å²) in [7, 11) is 1.71. The first-order valence-electron chi connectivity index (χ1n) is 9.91. The van der Waals surface area contributed by atoms with E-state index in [4.69, 9.17) is 5.73 Å². The number of urea groups is 1. The number of benzene rings is 1. The second-order valence-electron chi connectivity index (χ2n) is 7.86. The molecule has 154 valence electrons. The molecule has 0 spiro atoms. The smallest absolute Gasteiger partial charge is 0.332 e. The second kappa shape index (κ2) is 7.14. The molecule has 29 heavy (non-hydrogen) atoms. The molecule has 1 aromatic carbocycles. The molecular formula is C20H25N5O4. The summed E-state index contributed by atoms with van der Waals surface area (Å²) < 4.78 is 0. The first-order chi connectivity index (χ1) is 13.9. The molecule has 3 aliphatic heterocycles. The monoisotopic (exact) mass is 399 g/mol. The Balaban J connectivity index is 1.52. The van der Waals surface area contributed by atoms with Crippen molar-refractivity contribution in [2.24, 2.45) is 5.73 Å². The van der Waals surface area contributed by atoms with Gasteiger partial charge >= 0.3 is 6.03 Å². The van der Waals surface area contributed by atoms with Crippen LogP contribution in [0.2, 0.25) is 0 Å². The number of anilines is 2. The number of imide groups is 1. The van der Waals surface area contributed by atoms with Crippen LogP contribution in [-0.4, -0.2) is 72.3 Å². The summed E-state index contributed by atoms with van der Waals surface area (Å²) in [6, 6.07) is 6.08. The van der Waals surface area contributed by atoms with Crippen LogP contribution in [0.1, 0.15) is 25.7 Å². The highest BCUT2D eigenvalue weighted by Gasteiger charge is 2.63. The van der Waals surface area contributed by atoms with Crippen molar-refractivity contribution in [1.29, 1.82) is 0 Å². The van der Waals surface area contributed by atoms with Crippen LogP contribution in [0.15, 0.2) is 24.3 Å². The molecule has 1 atom stereocenters. The number of fused-ring (bicyclic) bond motifs is 1. The zero-order chi connectivity index (χ0) is 20.8. The van der Waals surface area contributed by atoms with Gasteiger partial charge in [0, 0.05) is 19.3 Å². The fraction of sp³-hybridized carbons (Fsp3) is 0.500. The van der Waals surface area contributed by atoms with Crippen LogP contribution in [0.3, 0.4) is 0 Å². The van der Waals surface area contributed by atoms with E-state index in [0.717, 1.165) is 30.8 Å². The molecule has 3 aliphatic rings. The van der Waals surface area contributed by atoms with Gasteiger partial charge in [0.1, 0.15) is 0 Å². The van der Waals surface area contributed by atoms with Gasteiger partial charge in [0.05, 0.1) is 12.2 Å². The minimum atomic E-state index is -1.57. The third-order valence-corrected chi connectivity index (χ3v) is 6.19. The number of carbonyl (C=O) groups excluding carboxylic acids is 4.